The van der Waals surface area contributed by atoms with Crippen molar-refractivity contribution in [2.75, 3.05) is 13.7 Å². The van der Waals surface area contributed by atoms with E-state index in [0.717, 1.165) is 25.8 Å². The molecule has 1 saturated carbocycles. The molecule has 0 radical (unpaired) electrons. The molecule has 1 aliphatic rings. The van der Waals surface area contributed by atoms with Crippen LogP contribution in [-0.4, -0.2) is 25.2 Å². The van der Waals surface area contributed by atoms with Crippen molar-refractivity contribution < 1.29 is 9.53 Å². The van der Waals surface area contributed by atoms with Crippen LogP contribution in [0.2, 0.25) is 0 Å². The van der Waals surface area contributed by atoms with Gasteiger partial charge in [0.1, 0.15) is 0 Å². The second-order valence-electron chi connectivity index (χ2n) is 5.47. The van der Waals surface area contributed by atoms with E-state index >= 15 is 0 Å². The summed E-state index contributed by atoms with van der Waals surface area (Å²) in [7, 11) is 1.48. The predicted molar refractivity (Wildman–Crippen MR) is 69.7 cm³/mol. The number of esters is 1. The molecule has 0 heterocycles. The molecule has 17 heavy (non-hydrogen) atoms. The normalized spacial score (nSPS) is 25.4. The maximum absolute atomic E-state index is 11.6. The minimum absolute atomic E-state index is 0.0470. The number of rotatable bonds is 5. The summed E-state index contributed by atoms with van der Waals surface area (Å²) < 4.78 is 4.86. The highest BCUT2D eigenvalue weighted by molar-refractivity contribution is 5.72. The summed E-state index contributed by atoms with van der Waals surface area (Å²) in [5.41, 5.74) is 0.0564. The van der Waals surface area contributed by atoms with Crippen molar-refractivity contribution in [3.8, 4) is 0 Å². The molecule has 98 valence electrons. The molecule has 0 aromatic heterocycles. The van der Waals surface area contributed by atoms with Gasteiger partial charge in [0.05, 0.1) is 13.0 Å². The van der Waals surface area contributed by atoms with Crippen molar-refractivity contribution in [2.45, 2.75) is 45.1 Å². The van der Waals surface area contributed by atoms with Crippen molar-refractivity contribution in [1.29, 1.82) is 0 Å². The fraction of sp³-hybridized carbons (Fsp3) is 0.786. The van der Waals surface area contributed by atoms with E-state index in [9.17, 15) is 4.79 Å². The van der Waals surface area contributed by atoms with E-state index in [1.54, 1.807) is 0 Å². The molecule has 1 aliphatic carbocycles. The minimum Gasteiger partial charge on any atom is -0.469 e. The van der Waals surface area contributed by atoms with Gasteiger partial charge in [0.25, 0.3) is 0 Å². The fourth-order valence-corrected chi connectivity index (χ4v) is 2.71. The monoisotopic (exact) mass is 239 g/mol. The Morgan fingerprint density at radius 3 is 2.82 bits per heavy atom. The van der Waals surface area contributed by atoms with Crippen LogP contribution in [-0.2, 0) is 9.53 Å². The average Bonchev–Trinajstić information content (AvgIpc) is 2.35. The van der Waals surface area contributed by atoms with E-state index in [0.29, 0.717) is 5.92 Å². The molecular weight excluding hydrogens is 214 g/mol. The summed E-state index contributed by atoms with van der Waals surface area (Å²) in [5, 5.41) is 3.49. The van der Waals surface area contributed by atoms with Crippen molar-refractivity contribution >= 4 is 5.97 Å². The second kappa shape index (κ2) is 6.20. The van der Waals surface area contributed by atoms with Gasteiger partial charge in [0.15, 0.2) is 0 Å². The smallest absolute Gasteiger partial charge is 0.308 e. The van der Waals surface area contributed by atoms with Crippen LogP contribution in [0.25, 0.3) is 0 Å². The van der Waals surface area contributed by atoms with Gasteiger partial charge in [-0.3, -0.25) is 4.79 Å². The number of nitrogens with one attached hydrogen (secondary N) is 1. The lowest BCUT2D eigenvalue weighted by atomic mass is 9.72. The maximum atomic E-state index is 11.6. The van der Waals surface area contributed by atoms with Crippen LogP contribution < -0.4 is 5.32 Å². The third kappa shape index (κ3) is 3.84. The summed E-state index contributed by atoms with van der Waals surface area (Å²) in [6.07, 6.45) is 6.08. The summed E-state index contributed by atoms with van der Waals surface area (Å²) in [6.45, 7) is 8.96. The zero-order chi connectivity index (χ0) is 12.9. The lowest BCUT2D eigenvalue weighted by molar-refractivity contribution is -0.147. The van der Waals surface area contributed by atoms with Crippen molar-refractivity contribution in [3.05, 3.63) is 12.7 Å². The molecule has 0 aliphatic heterocycles. The molecule has 1 fully saturated rings. The number of ether oxygens (including phenoxy) is 1. The fourth-order valence-electron chi connectivity index (χ4n) is 2.71. The zero-order valence-corrected chi connectivity index (χ0v) is 11.3. The molecule has 1 N–H and O–H groups in total. The number of hydrogen-bond acceptors (Lipinski definition) is 3. The van der Waals surface area contributed by atoms with Crippen LogP contribution in [0.5, 0.6) is 0 Å². The second-order valence-corrected chi connectivity index (χ2v) is 5.47. The summed E-state index contributed by atoms with van der Waals surface area (Å²) >= 11 is 0. The molecule has 1 rings (SSSR count). The molecule has 3 nitrogen and oxygen atoms in total. The molecular formula is C14H25NO2. The highest BCUT2D eigenvalue weighted by Gasteiger charge is 2.36. The van der Waals surface area contributed by atoms with Crippen LogP contribution in [0.3, 0.4) is 0 Å². The minimum atomic E-state index is -0.0470. The molecule has 0 spiro atoms. The Labute approximate surface area is 105 Å². The van der Waals surface area contributed by atoms with E-state index in [1.807, 2.05) is 6.08 Å². The highest BCUT2D eigenvalue weighted by Crippen LogP contribution is 2.36. The lowest BCUT2D eigenvalue weighted by Crippen LogP contribution is -2.48. The van der Waals surface area contributed by atoms with Crippen molar-refractivity contribution in [1.82, 2.24) is 5.32 Å². The Balaban J connectivity index is 2.58. The first-order valence-electron chi connectivity index (χ1n) is 6.45. The zero-order valence-electron chi connectivity index (χ0n) is 11.3. The van der Waals surface area contributed by atoms with Crippen LogP contribution >= 0.6 is 0 Å². The van der Waals surface area contributed by atoms with Gasteiger partial charge in [0, 0.05) is 12.1 Å². The van der Waals surface area contributed by atoms with Crippen LogP contribution in [0.15, 0.2) is 12.7 Å². The number of hydrogen-bond donors (Lipinski definition) is 1. The van der Waals surface area contributed by atoms with Gasteiger partial charge in [-0.15, -0.1) is 6.58 Å². The Morgan fingerprint density at radius 2 is 2.24 bits per heavy atom. The molecule has 0 saturated heterocycles. The molecule has 0 amide bonds. The SMILES string of the molecule is C=CCNC(C)(C)[C@H]1CCC[C@@H](C(=O)OC)C1. The summed E-state index contributed by atoms with van der Waals surface area (Å²) in [4.78, 5) is 11.6. The van der Waals surface area contributed by atoms with E-state index in [2.05, 4.69) is 25.7 Å². The van der Waals surface area contributed by atoms with Gasteiger partial charge in [-0.25, -0.2) is 0 Å². The number of carbonyl (C=O) groups is 1. The molecule has 0 bridgehead atoms. The molecule has 0 unspecified atom stereocenters. The number of methoxy groups -OCH3 is 1. The predicted octanol–water partition coefficient (Wildman–Crippen LogP) is 2.52. The first-order chi connectivity index (χ1) is 8.01. The van der Waals surface area contributed by atoms with Gasteiger partial charge in [0.2, 0.25) is 0 Å². The van der Waals surface area contributed by atoms with Crippen LogP contribution in [0.4, 0.5) is 0 Å². The quantitative estimate of drug-likeness (QED) is 0.592. The standard InChI is InChI=1S/C14H25NO2/c1-5-9-15-14(2,3)12-8-6-7-11(10-12)13(16)17-4/h5,11-12,15H,1,6-10H2,2-4H3/t11-,12+/m1/s1. The Kier molecular flexibility index (Phi) is 5.19. The van der Waals surface area contributed by atoms with Gasteiger partial charge in [-0.1, -0.05) is 12.5 Å². The van der Waals surface area contributed by atoms with E-state index < -0.39 is 0 Å². The van der Waals surface area contributed by atoms with Crippen LogP contribution in [0.1, 0.15) is 39.5 Å². The molecule has 0 aromatic rings. The van der Waals surface area contributed by atoms with E-state index in [1.165, 1.54) is 13.5 Å². The Hall–Kier alpha value is -0.830. The maximum Gasteiger partial charge on any atom is 0.308 e. The topological polar surface area (TPSA) is 38.3 Å². The molecule has 2 atom stereocenters. The molecule has 0 aromatic carbocycles. The lowest BCUT2D eigenvalue weighted by Gasteiger charge is -2.39. The Morgan fingerprint density at radius 1 is 1.53 bits per heavy atom. The van der Waals surface area contributed by atoms with Gasteiger partial charge >= 0.3 is 5.97 Å². The third-order valence-electron chi connectivity index (χ3n) is 3.93. The van der Waals surface area contributed by atoms with Crippen LogP contribution in [0, 0.1) is 11.8 Å². The largest absolute Gasteiger partial charge is 0.469 e. The van der Waals surface area contributed by atoms with Crippen molar-refractivity contribution in [3.63, 3.8) is 0 Å². The van der Waals surface area contributed by atoms with Gasteiger partial charge in [-0.05, 0) is 39.0 Å². The van der Waals surface area contributed by atoms with E-state index in [-0.39, 0.29) is 17.4 Å². The van der Waals surface area contributed by atoms with Gasteiger partial charge < -0.3 is 10.1 Å². The summed E-state index contributed by atoms with van der Waals surface area (Å²) in [6, 6.07) is 0. The van der Waals surface area contributed by atoms with Crippen molar-refractivity contribution in [2.24, 2.45) is 11.8 Å². The number of carbonyl (C=O) groups excluding carboxylic acids is 1. The summed E-state index contributed by atoms with van der Waals surface area (Å²) in [5.74, 6) is 0.568. The van der Waals surface area contributed by atoms with E-state index in [4.69, 9.17) is 4.74 Å². The first-order valence-corrected chi connectivity index (χ1v) is 6.45. The highest BCUT2D eigenvalue weighted by atomic mass is 16.5. The van der Waals surface area contributed by atoms with Gasteiger partial charge in [-0.2, -0.15) is 0 Å². The third-order valence-corrected chi connectivity index (χ3v) is 3.93. The Bertz CT molecular complexity index is 273. The first kappa shape index (κ1) is 14.2. The molecule has 3 heteroatoms. The average molecular weight is 239 g/mol.